The minimum Gasteiger partial charge on any atom is -0.489 e. The van der Waals surface area contributed by atoms with E-state index in [2.05, 4.69) is 10.2 Å². The molecule has 1 fully saturated rings. The lowest BCUT2D eigenvalue weighted by Crippen LogP contribution is -2.41. The van der Waals surface area contributed by atoms with Gasteiger partial charge < -0.3 is 9.84 Å². The van der Waals surface area contributed by atoms with E-state index in [1.807, 2.05) is 25.3 Å². The van der Waals surface area contributed by atoms with Crippen molar-refractivity contribution in [1.29, 1.82) is 0 Å². The molecule has 1 unspecified atom stereocenters. The number of carbonyl (C=O) groups is 1. The predicted octanol–water partition coefficient (Wildman–Crippen LogP) is 3.83. The Morgan fingerprint density at radius 2 is 2.21 bits per heavy atom. The van der Waals surface area contributed by atoms with Crippen molar-refractivity contribution in [2.45, 2.75) is 51.2 Å². The number of aromatic nitrogens is 2. The normalized spacial score (nSPS) is 20.4. The van der Waals surface area contributed by atoms with Gasteiger partial charge in [0.15, 0.2) is 0 Å². The number of hydrogen-bond donors (Lipinski definition) is 2. The highest BCUT2D eigenvalue weighted by atomic mass is 16.5. The van der Waals surface area contributed by atoms with Crippen LogP contribution in [0.4, 0.5) is 10.5 Å². The summed E-state index contributed by atoms with van der Waals surface area (Å²) in [6.45, 7) is 1.95. The van der Waals surface area contributed by atoms with Crippen LogP contribution in [-0.4, -0.2) is 33.5 Å². The molecule has 0 spiro atoms. The van der Waals surface area contributed by atoms with Gasteiger partial charge in [0.05, 0.1) is 18.0 Å². The Balaban J connectivity index is 1.84. The number of nitrogens with zero attached hydrogens (tertiary/aromatic N) is 2. The molecule has 2 aromatic rings. The maximum absolute atomic E-state index is 11.7. The Kier molecular flexibility index (Phi) is 3.67. The first kappa shape index (κ1) is 15.1. The molecule has 0 saturated heterocycles. The van der Waals surface area contributed by atoms with Gasteiger partial charge in [0, 0.05) is 28.9 Å². The van der Waals surface area contributed by atoms with Crippen molar-refractivity contribution in [3.8, 4) is 16.9 Å². The van der Waals surface area contributed by atoms with Gasteiger partial charge in [-0.3, -0.25) is 10.00 Å². The Morgan fingerprint density at radius 1 is 1.38 bits per heavy atom. The highest BCUT2D eigenvalue weighted by molar-refractivity contribution is 5.91. The zero-order valence-corrected chi connectivity index (χ0v) is 13.7. The number of carboxylic acid groups (broad SMARTS) is 1. The fourth-order valence-electron chi connectivity index (χ4n) is 3.51. The molecule has 24 heavy (non-hydrogen) atoms. The van der Waals surface area contributed by atoms with Crippen molar-refractivity contribution in [3.63, 3.8) is 0 Å². The highest BCUT2D eigenvalue weighted by Crippen LogP contribution is 2.44. The molecule has 2 N–H and O–H groups in total. The van der Waals surface area contributed by atoms with Crippen LogP contribution in [0.5, 0.6) is 5.75 Å². The van der Waals surface area contributed by atoms with E-state index in [0.29, 0.717) is 0 Å². The van der Waals surface area contributed by atoms with Gasteiger partial charge in [0.25, 0.3) is 0 Å². The lowest BCUT2D eigenvalue weighted by molar-refractivity contribution is 0.119. The van der Waals surface area contributed by atoms with E-state index in [9.17, 15) is 9.90 Å². The second-order valence-corrected chi connectivity index (χ2v) is 6.64. The molecule has 1 amide bonds. The summed E-state index contributed by atoms with van der Waals surface area (Å²) in [6.07, 6.45) is 7.89. The van der Waals surface area contributed by atoms with Crippen molar-refractivity contribution in [2.75, 3.05) is 4.90 Å². The number of rotatable bonds is 3. The molecule has 1 aliphatic heterocycles. The van der Waals surface area contributed by atoms with Gasteiger partial charge in [0.2, 0.25) is 0 Å². The molecule has 4 rings (SSSR count). The number of ether oxygens (including phenoxy) is 1. The number of aromatic amines is 1. The number of benzene rings is 1. The Bertz CT molecular complexity index is 753. The van der Waals surface area contributed by atoms with Gasteiger partial charge in [0.1, 0.15) is 5.75 Å². The van der Waals surface area contributed by atoms with Crippen molar-refractivity contribution in [3.05, 3.63) is 30.1 Å². The first-order chi connectivity index (χ1) is 11.6. The summed E-state index contributed by atoms with van der Waals surface area (Å²) < 4.78 is 6.31. The Morgan fingerprint density at radius 3 is 2.83 bits per heavy atom. The maximum Gasteiger partial charge on any atom is 0.412 e. The van der Waals surface area contributed by atoms with Crippen molar-refractivity contribution in [1.82, 2.24) is 10.2 Å². The molecule has 1 atom stereocenters. The molecule has 1 saturated carbocycles. The Labute approximate surface area is 140 Å². The Hall–Kier alpha value is -2.50. The second-order valence-electron chi connectivity index (χ2n) is 6.64. The first-order valence-corrected chi connectivity index (χ1v) is 8.49. The number of H-pyrrole nitrogens is 1. The molecule has 2 heterocycles. The van der Waals surface area contributed by atoms with Crippen molar-refractivity contribution < 1.29 is 14.6 Å². The average Bonchev–Trinajstić information content (AvgIpc) is 3.04. The van der Waals surface area contributed by atoms with Crippen LogP contribution in [0.1, 0.15) is 38.2 Å². The average molecular weight is 327 g/mol. The summed E-state index contributed by atoms with van der Waals surface area (Å²) >= 11 is 0. The molecular formula is C18H21N3O3. The van der Waals surface area contributed by atoms with E-state index in [0.717, 1.165) is 53.8 Å². The largest absolute Gasteiger partial charge is 0.489 e. The molecule has 6 nitrogen and oxygen atoms in total. The number of anilines is 1. The van der Waals surface area contributed by atoms with Crippen LogP contribution >= 0.6 is 0 Å². The topological polar surface area (TPSA) is 78.5 Å². The van der Waals surface area contributed by atoms with Gasteiger partial charge in [-0.25, -0.2) is 4.79 Å². The fourth-order valence-corrected chi connectivity index (χ4v) is 3.51. The van der Waals surface area contributed by atoms with E-state index in [1.165, 1.54) is 11.3 Å². The molecule has 0 bridgehead atoms. The third kappa shape index (κ3) is 2.42. The lowest BCUT2D eigenvalue weighted by atomic mass is 9.91. The molecule has 1 aliphatic carbocycles. The van der Waals surface area contributed by atoms with Gasteiger partial charge in [-0.15, -0.1) is 0 Å². The molecular weight excluding hydrogens is 306 g/mol. The quantitative estimate of drug-likeness (QED) is 0.898. The summed E-state index contributed by atoms with van der Waals surface area (Å²) in [5, 5.41) is 16.5. The van der Waals surface area contributed by atoms with E-state index in [4.69, 9.17) is 4.74 Å². The van der Waals surface area contributed by atoms with E-state index in [-0.39, 0.29) is 12.1 Å². The third-order valence-electron chi connectivity index (χ3n) is 5.10. The van der Waals surface area contributed by atoms with Gasteiger partial charge in [-0.2, -0.15) is 5.10 Å². The molecule has 1 aromatic heterocycles. The van der Waals surface area contributed by atoms with Crippen LogP contribution in [0, 0.1) is 0 Å². The van der Waals surface area contributed by atoms with Gasteiger partial charge in [-0.1, -0.05) is 0 Å². The minimum atomic E-state index is -0.908. The van der Waals surface area contributed by atoms with Crippen LogP contribution in [0.15, 0.2) is 24.5 Å². The van der Waals surface area contributed by atoms with Crippen LogP contribution in [0.3, 0.4) is 0 Å². The van der Waals surface area contributed by atoms with Crippen LogP contribution in [0.25, 0.3) is 11.1 Å². The molecule has 6 heteroatoms. The second kappa shape index (κ2) is 5.85. The monoisotopic (exact) mass is 327 g/mol. The van der Waals surface area contributed by atoms with Crippen molar-refractivity contribution in [2.24, 2.45) is 0 Å². The summed E-state index contributed by atoms with van der Waals surface area (Å²) in [5.74, 6) is 0.830. The molecule has 1 aromatic carbocycles. The maximum atomic E-state index is 11.7. The summed E-state index contributed by atoms with van der Waals surface area (Å²) in [7, 11) is 0. The van der Waals surface area contributed by atoms with E-state index < -0.39 is 6.09 Å². The molecule has 2 aliphatic rings. The third-order valence-corrected chi connectivity index (χ3v) is 5.10. The highest BCUT2D eigenvalue weighted by Gasteiger charge is 2.32. The number of hydrogen-bond acceptors (Lipinski definition) is 3. The number of fused-ring (bicyclic) bond motifs is 1. The zero-order valence-electron chi connectivity index (χ0n) is 13.7. The SMILES string of the molecule is CC1CCc2c(ccc(-c3cn[nH]c3)c2OC2CCC2)N1C(=O)O. The fraction of sp³-hybridized carbons (Fsp3) is 0.444. The summed E-state index contributed by atoms with van der Waals surface area (Å²) in [6, 6.07) is 3.83. The van der Waals surface area contributed by atoms with Gasteiger partial charge in [-0.05, 0) is 51.2 Å². The standard InChI is InChI=1S/C18H21N3O3/c1-11-5-6-15-16(21(11)18(22)23)8-7-14(12-9-19-20-10-12)17(15)24-13-3-2-4-13/h7-11,13H,2-6H2,1H3,(H,19,20)(H,22,23). The number of amides is 1. The van der Waals surface area contributed by atoms with Crippen LogP contribution in [-0.2, 0) is 6.42 Å². The van der Waals surface area contributed by atoms with E-state index in [1.54, 1.807) is 6.20 Å². The van der Waals surface area contributed by atoms with Gasteiger partial charge >= 0.3 is 6.09 Å². The molecule has 126 valence electrons. The molecule has 0 radical (unpaired) electrons. The smallest absolute Gasteiger partial charge is 0.412 e. The minimum absolute atomic E-state index is 0.0219. The lowest BCUT2D eigenvalue weighted by Gasteiger charge is -2.36. The number of nitrogens with one attached hydrogen (secondary N) is 1. The van der Waals surface area contributed by atoms with Crippen LogP contribution < -0.4 is 9.64 Å². The first-order valence-electron chi connectivity index (χ1n) is 8.49. The summed E-state index contributed by atoms with van der Waals surface area (Å²) in [5.41, 5.74) is 3.70. The predicted molar refractivity (Wildman–Crippen MR) is 90.6 cm³/mol. The van der Waals surface area contributed by atoms with Crippen LogP contribution in [0.2, 0.25) is 0 Å². The zero-order chi connectivity index (χ0) is 16.7. The van der Waals surface area contributed by atoms with E-state index >= 15 is 0 Å². The van der Waals surface area contributed by atoms with Crippen molar-refractivity contribution >= 4 is 11.8 Å². The summed E-state index contributed by atoms with van der Waals surface area (Å²) in [4.78, 5) is 13.2.